The monoisotopic (exact) mass is 389 g/mol. The van der Waals surface area contributed by atoms with E-state index in [1.807, 2.05) is 30.3 Å². The zero-order chi connectivity index (χ0) is 19.9. The summed E-state index contributed by atoms with van der Waals surface area (Å²) < 4.78 is 0. The molecule has 1 heterocycles. The van der Waals surface area contributed by atoms with Crippen LogP contribution in [0.4, 0.5) is 0 Å². The fourth-order valence-electron chi connectivity index (χ4n) is 5.66. The molecule has 29 heavy (non-hydrogen) atoms. The molecular formula is C27H35NO. The normalized spacial score (nSPS) is 20.4. The summed E-state index contributed by atoms with van der Waals surface area (Å²) in [4.78, 5) is 14.9. The molecule has 2 aromatic rings. The Morgan fingerprint density at radius 2 is 1.38 bits per heavy atom. The molecule has 2 aliphatic rings. The third-order valence-electron chi connectivity index (χ3n) is 7.23. The lowest BCUT2D eigenvalue weighted by Crippen LogP contribution is -2.38. The van der Waals surface area contributed by atoms with Crippen molar-refractivity contribution in [1.82, 2.24) is 4.90 Å². The number of piperidine rings is 1. The lowest BCUT2D eigenvalue weighted by Gasteiger charge is -2.41. The van der Waals surface area contributed by atoms with Crippen LogP contribution in [0, 0.1) is 11.8 Å². The molecule has 2 fully saturated rings. The van der Waals surface area contributed by atoms with Crippen LogP contribution >= 0.6 is 0 Å². The maximum atomic E-state index is 12.4. The summed E-state index contributed by atoms with van der Waals surface area (Å²) in [6.45, 7) is 3.19. The lowest BCUT2D eigenvalue weighted by molar-refractivity contribution is 0.0936. The van der Waals surface area contributed by atoms with Crippen LogP contribution in [0.15, 0.2) is 60.7 Å². The summed E-state index contributed by atoms with van der Waals surface area (Å²) in [5, 5.41) is 0. The van der Waals surface area contributed by atoms with Gasteiger partial charge in [-0.1, -0.05) is 79.9 Å². The molecule has 1 saturated carbocycles. The van der Waals surface area contributed by atoms with E-state index in [0.717, 1.165) is 43.0 Å². The Balaban J connectivity index is 1.33. The van der Waals surface area contributed by atoms with E-state index >= 15 is 0 Å². The van der Waals surface area contributed by atoms with Gasteiger partial charge in [0.25, 0.3) is 0 Å². The minimum absolute atomic E-state index is 0.275. The van der Waals surface area contributed by atoms with E-state index in [9.17, 15) is 4.79 Å². The quantitative estimate of drug-likeness (QED) is 0.515. The van der Waals surface area contributed by atoms with Crippen LogP contribution in [0.3, 0.4) is 0 Å². The molecular weight excluding hydrogens is 354 g/mol. The Morgan fingerprint density at radius 1 is 0.793 bits per heavy atom. The van der Waals surface area contributed by atoms with E-state index in [1.165, 1.54) is 44.9 Å². The number of hydrogen-bond acceptors (Lipinski definition) is 2. The second-order valence-electron chi connectivity index (χ2n) is 9.05. The smallest absolute Gasteiger partial charge is 0.164 e. The van der Waals surface area contributed by atoms with Gasteiger partial charge in [0, 0.05) is 18.5 Å². The van der Waals surface area contributed by atoms with E-state index in [1.54, 1.807) is 5.56 Å². The van der Waals surface area contributed by atoms with Gasteiger partial charge in [-0.3, -0.25) is 4.79 Å². The first-order chi connectivity index (χ1) is 14.3. The number of carbonyl (C=O) groups excluding carboxylic acids is 1. The fraction of sp³-hybridized carbons (Fsp3) is 0.519. The minimum Gasteiger partial charge on any atom is -0.303 e. The molecule has 1 aliphatic heterocycles. The average Bonchev–Trinajstić information content (AvgIpc) is 2.80. The van der Waals surface area contributed by atoms with Gasteiger partial charge < -0.3 is 4.90 Å². The Kier molecular flexibility index (Phi) is 7.16. The minimum atomic E-state index is 0.275. The van der Waals surface area contributed by atoms with Crippen LogP contribution in [-0.2, 0) is 0 Å². The van der Waals surface area contributed by atoms with Gasteiger partial charge >= 0.3 is 0 Å². The first-order valence-corrected chi connectivity index (χ1v) is 11.7. The van der Waals surface area contributed by atoms with Gasteiger partial charge in [-0.25, -0.2) is 0 Å². The van der Waals surface area contributed by atoms with Gasteiger partial charge in [0.05, 0.1) is 0 Å². The fourth-order valence-corrected chi connectivity index (χ4v) is 5.66. The molecule has 1 saturated heterocycles. The molecule has 0 radical (unpaired) electrons. The largest absolute Gasteiger partial charge is 0.303 e. The number of carbonyl (C=O) groups is 1. The predicted molar refractivity (Wildman–Crippen MR) is 120 cm³/mol. The third kappa shape index (κ3) is 5.36. The molecule has 0 N–H and O–H groups in total. The average molecular weight is 390 g/mol. The molecule has 2 nitrogen and oxygen atoms in total. The Morgan fingerprint density at radius 3 is 2.03 bits per heavy atom. The standard InChI is InChI=1S/C27H35NO/c29-26(22-10-4-1-5-11-22)18-21-28-19-16-25(17-20-28)27(23-12-6-2-7-13-23)24-14-8-3-9-15-24/h1-2,4-7,10-13,24-25,27H,3,8-9,14-21H2. The van der Waals surface area contributed by atoms with Gasteiger partial charge in [-0.05, 0) is 62.1 Å². The highest BCUT2D eigenvalue weighted by Crippen LogP contribution is 2.44. The van der Waals surface area contributed by atoms with Gasteiger partial charge in [-0.2, -0.15) is 0 Å². The molecule has 1 unspecified atom stereocenters. The zero-order valence-corrected chi connectivity index (χ0v) is 17.6. The number of rotatable bonds is 7. The van der Waals surface area contributed by atoms with Crippen molar-refractivity contribution < 1.29 is 4.79 Å². The van der Waals surface area contributed by atoms with Crippen molar-refractivity contribution in [3.8, 4) is 0 Å². The topological polar surface area (TPSA) is 20.3 Å². The molecule has 1 atom stereocenters. The summed E-state index contributed by atoms with van der Waals surface area (Å²) in [6.07, 6.45) is 10.2. The SMILES string of the molecule is O=C(CCN1CCC(C(c2ccccc2)C2CCCCC2)CC1)c1ccccc1. The van der Waals surface area contributed by atoms with E-state index < -0.39 is 0 Å². The second kappa shape index (κ2) is 10.2. The number of ketones is 1. The Hall–Kier alpha value is -1.93. The maximum absolute atomic E-state index is 12.4. The molecule has 0 aromatic heterocycles. The van der Waals surface area contributed by atoms with E-state index in [2.05, 4.69) is 35.2 Å². The Bertz CT molecular complexity index is 743. The van der Waals surface area contributed by atoms with E-state index in [4.69, 9.17) is 0 Å². The van der Waals surface area contributed by atoms with Gasteiger partial charge in [-0.15, -0.1) is 0 Å². The first kappa shape index (κ1) is 20.3. The number of benzene rings is 2. The number of nitrogens with zero attached hydrogens (tertiary/aromatic N) is 1. The van der Waals surface area contributed by atoms with Crippen molar-refractivity contribution >= 4 is 5.78 Å². The summed E-state index contributed by atoms with van der Waals surface area (Å²) in [7, 11) is 0. The number of hydrogen-bond donors (Lipinski definition) is 0. The molecule has 0 amide bonds. The molecule has 154 valence electrons. The van der Waals surface area contributed by atoms with Crippen LogP contribution in [-0.4, -0.2) is 30.3 Å². The van der Waals surface area contributed by atoms with Crippen molar-refractivity contribution in [2.45, 2.75) is 57.3 Å². The predicted octanol–water partition coefficient (Wildman–Crippen LogP) is 6.34. The first-order valence-electron chi connectivity index (χ1n) is 11.7. The van der Waals surface area contributed by atoms with Crippen molar-refractivity contribution in [3.05, 3.63) is 71.8 Å². The molecule has 2 aromatic carbocycles. The van der Waals surface area contributed by atoms with Crippen molar-refractivity contribution in [1.29, 1.82) is 0 Å². The van der Waals surface area contributed by atoms with E-state index in [0.29, 0.717) is 6.42 Å². The third-order valence-corrected chi connectivity index (χ3v) is 7.23. The number of Topliss-reactive ketones (excluding diaryl/α,β-unsaturated/α-hetero) is 1. The van der Waals surface area contributed by atoms with Crippen molar-refractivity contribution in [3.63, 3.8) is 0 Å². The van der Waals surface area contributed by atoms with Crippen LogP contribution in [0.5, 0.6) is 0 Å². The summed E-state index contributed by atoms with van der Waals surface area (Å²) in [6, 6.07) is 21.1. The van der Waals surface area contributed by atoms with E-state index in [-0.39, 0.29) is 5.78 Å². The summed E-state index contributed by atoms with van der Waals surface area (Å²) in [5.74, 6) is 2.66. The lowest BCUT2D eigenvalue weighted by atomic mass is 9.68. The zero-order valence-electron chi connectivity index (χ0n) is 17.6. The van der Waals surface area contributed by atoms with Gasteiger partial charge in [0.15, 0.2) is 5.78 Å². The van der Waals surface area contributed by atoms with Crippen LogP contribution in [0.1, 0.15) is 73.2 Å². The molecule has 4 rings (SSSR count). The Labute approximate surface area is 176 Å². The summed E-state index contributed by atoms with van der Waals surface area (Å²) >= 11 is 0. The van der Waals surface area contributed by atoms with Crippen LogP contribution in [0.2, 0.25) is 0 Å². The van der Waals surface area contributed by atoms with Gasteiger partial charge in [0.2, 0.25) is 0 Å². The van der Waals surface area contributed by atoms with Crippen molar-refractivity contribution in [2.24, 2.45) is 11.8 Å². The molecule has 0 bridgehead atoms. The molecule has 1 aliphatic carbocycles. The highest BCUT2D eigenvalue weighted by Gasteiger charge is 2.33. The molecule has 2 heteroatoms. The molecule has 0 spiro atoms. The van der Waals surface area contributed by atoms with Crippen LogP contribution in [0.25, 0.3) is 0 Å². The maximum Gasteiger partial charge on any atom is 0.164 e. The highest BCUT2D eigenvalue weighted by atomic mass is 16.1. The number of likely N-dealkylation sites (tertiary alicyclic amines) is 1. The summed E-state index contributed by atoms with van der Waals surface area (Å²) in [5.41, 5.74) is 2.42. The van der Waals surface area contributed by atoms with Gasteiger partial charge in [0.1, 0.15) is 0 Å². The van der Waals surface area contributed by atoms with Crippen LogP contribution < -0.4 is 0 Å². The van der Waals surface area contributed by atoms with Crippen molar-refractivity contribution in [2.75, 3.05) is 19.6 Å². The second-order valence-corrected chi connectivity index (χ2v) is 9.05. The highest BCUT2D eigenvalue weighted by molar-refractivity contribution is 5.96.